The second kappa shape index (κ2) is 22.1. The lowest BCUT2D eigenvalue weighted by Crippen LogP contribution is -2.55. The monoisotopic (exact) mass is 772 g/mol. The fraction of sp³-hybridized carbons (Fsp3) is 0.675. The van der Waals surface area contributed by atoms with E-state index in [9.17, 15) is 24.0 Å². The number of allylic oxidation sites excluding steroid dienone is 1. The zero-order chi connectivity index (χ0) is 39.7. The summed E-state index contributed by atoms with van der Waals surface area (Å²) in [6.45, 7) is 8.50. The van der Waals surface area contributed by atoms with Crippen molar-refractivity contribution < 1.29 is 52.4 Å². The number of carbonyl (C=O) groups excluding carboxylic acids is 5. The SMILES string of the molecule is COC1C(OC(=O)CCCOCCOCCNC(=O)CCN[C@@H](Cc2ccccc2)C(=O)NCC(=O)NCC=O)CC[C@]2(CO2)C1[C@]1(C)O[C@@H]1CC=C(C)C. The standard InChI is InChI=1S/C40H60N4O11/c1-28(2)12-13-32-39(3,55-32)37-36(50-4)31(14-16-40(37)27-53-40)54-35(48)11-8-21-51-23-24-52-22-19-43-33(46)15-17-41-30(25-29-9-6-5-7-10-29)38(49)44-26-34(47)42-18-20-45/h5-7,9-10,12,20,30-32,36-37,41H,8,11,13-19,21-27H2,1-4H3,(H,42,47)(H,43,46)(H,44,49)/t30-,31?,32+,36?,37?,39+,40-/m0/s1. The number of nitrogens with one attached hydrogen (secondary N) is 4. The average Bonchev–Trinajstić information content (AvgIpc) is 4.09. The van der Waals surface area contributed by atoms with Crippen LogP contribution >= 0.6 is 0 Å². The van der Waals surface area contributed by atoms with Crippen molar-refractivity contribution in [1.82, 2.24) is 21.3 Å². The molecule has 0 bridgehead atoms. The average molecular weight is 773 g/mol. The molecule has 0 aromatic heterocycles. The van der Waals surface area contributed by atoms with Gasteiger partial charge < -0.3 is 54.5 Å². The van der Waals surface area contributed by atoms with Crippen molar-refractivity contribution in [1.29, 1.82) is 0 Å². The maximum Gasteiger partial charge on any atom is 0.306 e. The quantitative estimate of drug-likeness (QED) is 0.0350. The van der Waals surface area contributed by atoms with Crippen LogP contribution in [0.15, 0.2) is 42.0 Å². The number of benzene rings is 1. The zero-order valence-electron chi connectivity index (χ0n) is 32.7. The molecule has 1 aliphatic carbocycles. The first kappa shape index (κ1) is 44.0. The minimum absolute atomic E-state index is 0.0199. The molecule has 2 saturated heterocycles. The number of epoxide rings is 2. The molecule has 306 valence electrons. The van der Waals surface area contributed by atoms with Crippen LogP contribution in [0.1, 0.15) is 64.9 Å². The highest BCUT2D eigenvalue weighted by molar-refractivity contribution is 5.88. The first-order chi connectivity index (χ1) is 26.5. The van der Waals surface area contributed by atoms with Gasteiger partial charge in [0.15, 0.2) is 0 Å². The summed E-state index contributed by atoms with van der Waals surface area (Å²) in [5, 5.41) is 10.8. The summed E-state index contributed by atoms with van der Waals surface area (Å²) < 4.78 is 35.3. The van der Waals surface area contributed by atoms with E-state index in [0.717, 1.165) is 18.4 Å². The molecule has 4 N–H and O–H groups in total. The van der Waals surface area contributed by atoms with E-state index in [-0.39, 0.29) is 85.7 Å². The molecule has 2 aliphatic heterocycles. The molecule has 3 amide bonds. The molecule has 1 aromatic rings. The third-order valence-corrected chi connectivity index (χ3v) is 10.3. The van der Waals surface area contributed by atoms with Gasteiger partial charge in [0.25, 0.3) is 0 Å². The summed E-state index contributed by atoms with van der Waals surface area (Å²) in [4.78, 5) is 60.2. The number of amides is 3. The Morgan fingerprint density at radius 3 is 2.40 bits per heavy atom. The summed E-state index contributed by atoms with van der Waals surface area (Å²) in [5.41, 5.74) is 1.52. The molecule has 55 heavy (non-hydrogen) atoms. The first-order valence-corrected chi connectivity index (χ1v) is 19.4. The Bertz CT molecular complexity index is 1440. The molecule has 3 unspecified atom stereocenters. The van der Waals surface area contributed by atoms with Crippen molar-refractivity contribution >= 4 is 30.0 Å². The summed E-state index contributed by atoms with van der Waals surface area (Å²) in [5.74, 6) is -1.36. The molecule has 15 heteroatoms. The van der Waals surface area contributed by atoms with Crippen molar-refractivity contribution in [3.8, 4) is 0 Å². The molecule has 0 radical (unpaired) electrons. The van der Waals surface area contributed by atoms with Crippen LogP contribution in [-0.2, 0) is 58.8 Å². The first-order valence-electron chi connectivity index (χ1n) is 19.4. The predicted octanol–water partition coefficient (Wildman–Crippen LogP) is 1.56. The molecule has 1 saturated carbocycles. The number of rotatable bonds is 26. The fourth-order valence-corrected chi connectivity index (χ4v) is 7.27. The van der Waals surface area contributed by atoms with Gasteiger partial charge >= 0.3 is 5.97 Å². The lowest BCUT2D eigenvalue weighted by Gasteiger charge is -2.42. The minimum Gasteiger partial charge on any atom is -0.460 e. The minimum atomic E-state index is -0.668. The Balaban J connectivity index is 1.04. The van der Waals surface area contributed by atoms with Gasteiger partial charge in [-0.05, 0) is 58.4 Å². The van der Waals surface area contributed by atoms with Gasteiger partial charge in [-0.25, -0.2) is 0 Å². The Kier molecular flexibility index (Phi) is 17.7. The Morgan fingerprint density at radius 1 is 0.964 bits per heavy atom. The Morgan fingerprint density at radius 2 is 1.71 bits per heavy atom. The Labute approximate surface area is 324 Å². The van der Waals surface area contributed by atoms with Crippen LogP contribution < -0.4 is 21.3 Å². The number of aldehydes is 1. The number of methoxy groups -OCH3 is 1. The molecule has 7 atom stereocenters. The van der Waals surface area contributed by atoms with Gasteiger partial charge in [-0.3, -0.25) is 19.2 Å². The fourth-order valence-electron chi connectivity index (χ4n) is 7.27. The molecule has 1 spiro atoms. The van der Waals surface area contributed by atoms with Gasteiger partial charge in [0.2, 0.25) is 17.7 Å². The predicted molar refractivity (Wildman–Crippen MR) is 202 cm³/mol. The van der Waals surface area contributed by atoms with E-state index in [1.54, 1.807) is 7.11 Å². The van der Waals surface area contributed by atoms with Gasteiger partial charge in [0.1, 0.15) is 29.7 Å². The maximum absolute atomic E-state index is 12.8. The van der Waals surface area contributed by atoms with E-state index < -0.39 is 11.9 Å². The van der Waals surface area contributed by atoms with Crippen LogP contribution in [0.25, 0.3) is 0 Å². The second-order valence-corrected chi connectivity index (χ2v) is 14.7. The number of hydrogen-bond donors (Lipinski definition) is 4. The van der Waals surface area contributed by atoms with Crippen LogP contribution in [0, 0.1) is 5.92 Å². The van der Waals surface area contributed by atoms with Crippen molar-refractivity contribution in [3.05, 3.63) is 47.5 Å². The maximum atomic E-state index is 12.8. The van der Waals surface area contributed by atoms with E-state index in [1.165, 1.54) is 5.57 Å². The number of ether oxygens (including phenoxy) is 6. The van der Waals surface area contributed by atoms with E-state index in [0.29, 0.717) is 65.1 Å². The van der Waals surface area contributed by atoms with Gasteiger partial charge in [0, 0.05) is 39.6 Å². The normalized spacial score (nSPS) is 25.7. The van der Waals surface area contributed by atoms with Gasteiger partial charge in [-0.15, -0.1) is 0 Å². The number of hydrogen-bond acceptors (Lipinski definition) is 12. The van der Waals surface area contributed by atoms with Crippen LogP contribution in [0.5, 0.6) is 0 Å². The zero-order valence-corrected chi connectivity index (χ0v) is 32.7. The van der Waals surface area contributed by atoms with Crippen LogP contribution in [-0.4, -0.2) is 132 Å². The molecular formula is C40H60N4O11. The summed E-state index contributed by atoms with van der Waals surface area (Å²) in [7, 11) is 1.67. The lowest BCUT2D eigenvalue weighted by atomic mass is 9.68. The molecule has 4 rings (SSSR count). The highest BCUT2D eigenvalue weighted by atomic mass is 16.6. The van der Waals surface area contributed by atoms with Crippen LogP contribution in [0.3, 0.4) is 0 Å². The van der Waals surface area contributed by atoms with Crippen molar-refractivity contribution in [2.75, 3.05) is 66.3 Å². The molecule has 2 heterocycles. The van der Waals surface area contributed by atoms with Crippen LogP contribution in [0.2, 0.25) is 0 Å². The van der Waals surface area contributed by atoms with Crippen molar-refractivity contribution in [3.63, 3.8) is 0 Å². The molecule has 3 aliphatic rings. The van der Waals surface area contributed by atoms with E-state index in [1.807, 2.05) is 30.3 Å². The van der Waals surface area contributed by atoms with Crippen molar-refractivity contribution in [2.24, 2.45) is 5.92 Å². The third-order valence-electron chi connectivity index (χ3n) is 10.3. The summed E-state index contributed by atoms with van der Waals surface area (Å²) in [6, 6.07) is 8.73. The lowest BCUT2D eigenvalue weighted by molar-refractivity contribution is -0.172. The molecule has 15 nitrogen and oxygen atoms in total. The van der Waals surface area contributed by atoms with Crippen molar-refractivity contribution in [2.45, 2.75) is 101 Å². The highest BCUT2D eigenvalue weighted by Crippen LogP contribution is 2.59. The summed E-state index contributed by atoms with van der Waals surface area (Å²) >= 11 is 0. The topological polar surface area (TPSA) is 195 Å². The van der Waals surface area contributed by atoms with Gasteiger partial charge in [-0.1, -0.05) is 42.0 Å². The highest BCUT2D eigenvalue weighted by Gasteiger charge is 2.72. The second-order valence-electron chi connectivity index (χ2n) is 14.7. The largest absolute Gasteiger partial charge is 0.460 e. The third kappa shape index (κ3) is 14.1. The van der Waals surface area contributed by atoms with Gasteiger partial charge in [-0.2, -0.15) is 0 Å². The molecule has 3 fully saturated rings. The summed E-state index contributed by atoms with van der Waals surface area (Å²) in [6.07, 6.45) is 5.74. The van der Waals surface area contributed by atoms with E-state index >= 15 is 0 Å². The molecule has 1 aromatic carbocycles. The number of carbonyl (C=O) groups is 5. The van der Waals surface area contributed by atoms with E-state index in [4.69, 9.17) is 28.4 Å². The molecular weight excluding hydrogens is 712 g/mol. The van der Waals surface area contributed by atoms with Crippen LogP contribution in [0.4, 0.5) is 0 Å². The smallest absolute Gasteiger partial charge is 0.306 e. The van der Waals surface area contributed by atoms with Gasteiger partial charge in [0.05, 0.1) is 57.6 Å². The van der Waals surface area contributed by atoms with E-state index in [2.05, 4.69) is 48.1 Å². The Hall–Kier alpha value is -3.73. The number of esters is 1.